The fourth-order valence-electron chi connectivity index (χ4n) is 2.64. The molecule has 6 heteroatoms. The van der Waals surface area contributed by atoms with Crippen LogP contribution in [0.25, 0.3) is 11.2 Å². The van der Waals surface area contributed by atoms with Crippen molar-refractivity contribution in [2.24, 2.45) is 7.05 Å². The molecule has 0 saturated carbocycles. The van der Waals surface area contributed by atoms with Crippen molar-refractivity contribution in [3.63, 3.8) is 0 Å². The maximum Gasteiger partial charge on any atom is 0.234 e. The second-order valence-electron chi connectivity index (χ2n) is 4.98. The fourth-order valence-corrected chi connectivity index (χ4v) is 2.64. The largest absolute Gasteiger partial charge is 0.480 e. The lowest BCUT2D eigenvalue weighted by Gasteiger charge is -2.32. The number of rotatable bonds is 2. The Balaban J connectivity index is 2.08. The van der Waals surface area contributed by atoms with Crippen molar-refractivity contribution < 1.29 is 4.74 Å². The van der Waals surface area contributed by atoms with Gasteiger partial charge in [-0.15, -0.1) is 0 Å². The number of aromatic nitrogens is 3. The predicted molar refractivity (Wildman–Crippen MR) is 73.3 cm³/mol. The predicted octanol–water partition coefficient (Wildman–Crippen LogP) is 0.553. The first-order valence-corrected chi connectivity index (χ1v) is 6.47. The molecule has 102 valence electrons. The van der Waals surface area contributed by atoms with Crippen LogP contribution in [0.5, 0.6) is 5.88 Å². The summed E-state index contributed by atoms with van der Waals surface area (Å²) in [6.45, 7) is 3.03. The molecule has 0 bridgehead atoms. The van der Waals surface area contributed by atoms with E-state index in [1.165, 1.54) is 5.56 Å². The Labute approximate surface area is 112 Å². The van der Waals surface area contributed by atoms with Crippen molar-refractivity contribution in [1.82, 2.24) is 24.8 Å². The van der Waals surface area contributed by atoms with E-state index >= 15 is 0 Å². The Morgan fingerprint density at radius 1 is 1.42 bits per heavy atom. The van der Waals surface area contributed by atoms with Crippen molar-refractivity contribution in [3.05, 3.63) is 18.0 Å². The first kappa shape index (κ1) is 12.4. The zero-order valence-electron chi connectivity index (χ0n) is 11.6. The van der Waals surface area contributed by atoms with E-state index in [1.54, 1.807) is 13.3 Å². The molecule has 3 heterocycles. The topological polar surface area (TPSA) is 55.2 Å². The lowest BCUT2D eigenvalue weighted by atomic mass is 10.1. The van der Waals surface area contributed by atoms with Crippen LogP contribution in [0.1, 0.15) is 11.6 Å². The Morgan fingerprint density at radius 3 is 3.00 bits per heavy atom. The van der Waals surface area contributed by atoms with Crippen LogP contribution < -0.4 is 10.1 Å². The van der Waals surface area contributed by atoms with Gasteiger partial charge in [-0.25, -0.2) is 4.98 Å². The van der Waals surface area contributed by atoms with Crippen molar-refractivity contribution >= 4 is 11.2 Å². The highest BCUT2D eigenvalue weighted by molar-refractivity contribution is 5.77. The molecule has 0 aromatic carbocycles. The average molecular weight is 261 g/mol. The number of likely N-dealkylation sites (N-methyl/N-ethyl adjacent to an activating group) is 1. The van der Waals surface area contributed by atoms with E-state index in [1.807, 2.05) is 11.6 Å². The zero-order valence-corrected chi connectivity index (χ0v) is 11.6. The number of piperazine rings is 1. The van der Waals surface area contributed by atoms with Crippen LogP contribution in [-0.4, -0.2) is 53.2 Å². The molecule has 1 aliphatic rings. The van der Waals surface area contributed by atoms with Gasteiger partial charge in [-0.2, -0.15) is 4.98 Å². The summed E-state index contributed by atoms with van der Waals surface area (Å²) in [5.41, 5.74) is 3.06. The molecule has 6 nitrogen and oxygen atoms in total. The minimum absolute atomic E-state index is 0.347. The van der Waals surface area contributed by atoms with E-state index in [0.29, 0.717) is 11.9 Å². The summed E-state index contributed by atoms with van der Waals surface area (Å²) in [6, 6.07) is 0.347. The molecule has 1 N–H and O–H groups in total. The molecular formula is C13H19N5O. The number of methoxy groups -OCH3 is 1. The van der Waals surface area contributed by atoms with Gasteiger partial charge in [0.05, 0.1) is 19.3 Å². The number of nitrogens with zero attached hydrogens (tertiary/aromatic N) is 4. The van der Waals surface area contributed by atoms with E-state index in [2.05, 4.69) is 33.4 Å². The normalized spacial score (nSPS) is 20.9. The van der Waals surface area contributed by atoms with Gasteiger partial charge in [0, 0.05) is 38.4 Å². The number of nitrogens with one attached hydrogen (secondary N) is 1. The van der Waals surface area contributed by atoms with E-state index in [-0.39, 0.29) is 0 Å². The first-order valence-electron chi connectivity index (χ1n) is 6.47. The molecule has 0 amide bonds. The van der Waals surface area contributed by atoms with Gasteiger partial charge in [0.1, 0.15) is 5.52 Å². The van der Waals surface area contributed by atoms with Gasteiger partial charge in [-0.1, -0.05) is 0 Å². The monoisotopic (exact) mass is 261 g/mol. The molecule has 19 heavy (non-hydrogen) atoms. The van der Waals surface area contributed by atoms with Gasteiger partial charge >= 0.3 is 0 Å². The molecule has 2 aromatic heterocycles. The molecular weight excluding hydrogens is 242 g/mol. The third kappa shape index (κ3) is 2.06. The Bertz CT molecular complexity index is 594. The maximum absolute atomic E-state index is 5.14. The van der Waals surface area contributed by atoms with Crippen LogP contribution in [0, 0.1) is 0 Å². The summed E-state index contributed by atoms with van der Waals surface area (Å²) in [4.78, 5) is 11.4. The van der Waals surface area contributed by atoms with Gasteiger partial charge in [0.2, 0.25) is 5.88 Å². The first-order chi connectivity index (χ1) is 9.20. The summed E-state index contributed by atoms with van der Waals surface area (Å²) in [5, 5.41) is 3.44. The van der Waals surface area contributed by atoms with Crippen molar-refractivity contribution in [2.75, 3.05) is 33.8 Å². The van der Waals surface area contributed by atoms with Gasteiger partial charge in [0.25, 0.3) is 0 Å². The van der Waals surface area contributed by atoms with Gasteiger partial charge in [0.15, 0.2) is 5.65 Å². The maximum atomic E-state index is 5.14. The lowest BCUT2D eigenvalue weighted by Crippen LogP contribution is -2.43. The third-order valence-electron chi connectivity index (χ3n) is 3.75. The summed E-state index contributed by atoms with van der Waals surface area (Å²) in [6.07, 6.45) is 3.81. The van der Waals surface area contributed by atoms with Crippen molar-refractivity contribution in [3.8, 4) is 5.88 Å². The Hall–Kier alpha value is -1.66. The van der Waals surface area contributed by atoms with Gasteiger partial charge < -0.3 is 14.6 Å². The second-order valence-corrected chi connectivity index (χ2v) is 4.98. The Morgan fingerprint density at radius 2 is 2.26 bits per heavy atom. The molecule has 1 unspecified atom stereocenters. The Kier molecular flexibility index (Phi) is 3.12. The standard InChI is InChI=1S/C13H19N5O/c1-17-5-4-14-6-10(17)9-8-18(2)13-12(9)15-7-11(16-13)19-3/h7-8,10,14H,4-6H2,1-3H3. The smallest absolute Gasteiger partial charge is 0.234 e. The fraction of sp³-hybridized carbons (Fsp3) is 0.538. The van der Waals surface area contributed by atoms with Crippen LogP contribution >= 0.6 is 0 Å². The zero-order chi connectivity index (χ0) is 13.4. The third-order valence-corrected chi connectivity index (χ3v) is 3.75. The highest BCUT2D eigenvalue weighted by Crippen LogP contribution is 2.28. The molecule has 0 radical (unpaired) electrons. The van der Waals surface area contributed by atoms with E-state index in [9.17, 15) is 0 Å². The van der Waals surface area contributed by atoms with Crippen LogP contribution in [0.15, 0.2) is 12.4 Å². The van der Waals surface area contributed by atoms with Crippen molar-refractivity contribution in [2.45, 2.75) is 6.04 Å². The van der Waals surface area contributed by atoms with Gasteiger partial charge in [-0.3, -0.25) is 4.90 Å². The summed E-state index contributed by atoms with van der Waals surface area (Å²) in [5.74, 6) is 0.551. The van der Waals surface area contributed by atoms with E-state index in [0.717, 1.165) is 30.8 Å². The molecule has 1 saturated heterocycles. The highest BCUT2D eigenvalue weighted by Gasteiger charge is 2.25. The number of fused-ring (bicyclic) bond motifs is 1. The SMILES string of the molecule is COc1cnc2c(C3CNCCN3C)cn(C)c2n1. The molecule has 3 rings (SSSR count). The number of hydrogen-bond donors (Lipinski definition) is 1. The van der Waals surface area contributed by atoms with Gasteiger partial charge in [-0.05, 0) is 7.05 Å². The van der Waals surface area contributed by atoms with Crippen LogP contribution in [-0.2, 0) is 7.05 Å². The van der Waals surface area contributed by atoms with Crippen LogP contribution in [0.4, 0.5) is 0 Å². The number of ether oxygens (including phenoxy) is 1. The average Bonchev–Trinajstić information content (AvgIpc) is 2.76. The van der Waals surface area contributed by atoms with Crippen LogP contribution in [0.3, 0.4) is 0 Å². The minimum Gasteiger partial charge on any atom is -0.480 e. The molecule has 1 atom stereocenters. The number of hydrogen-bond acceptors (Lipinski definition) is 5. The molecule has 0 spiro atoms. The lowest BCUT2D eigenvalue weighted by molar-refractivity contribution is 0.203. The number of aryl methyl sites for hydroxylation is 1. The van der Waals surface area contributed by atoms with E-state index < -0.39 is 0 Å². The minimum atomic E-state index is 0.347. The van der Waals surface area contributed by atoms with Crippen molar-refractivity contribution in [1.29, 1.82) is 0 Å². The van der Waals surface area contributed by atoms with Crippen LogP contribution in [0.2, 0.25) is 0 Å². The molecule has 1 fully saturated rings. The summed E-state index contributed by atoms with van der Waals surface area (Å²) >= 11 is 0. The molecule has 2 aromatic rings. The summed E-state index contributed by atoms with van der Waals surface area (Å²) < 4.78 is 7.16. The quantitative estimate of drug-likeness (QED) is 0.855. The summed E-state index contributed by atoms with van der Waals surface area (Å²) in [7, 11) is 5.76. The molecule has 0 aliphatic carbocycles. The van der Waals surface area contributed by atoms with E-state index in [4.69, 9.17) is 4.74 Å². The highest BCUT2D eigenvalue weighted by atomic mass is 16.5. The molecule has 1 aliphatic heterocycles. The second kappa shape index (κ2) is 4.79.